The van der Waals surface area contributed by atoms with Crippen molar-refractivity contribution in [2.24, 2.45) is 0 Å². The lowest BCUT2D eigenvalue weighted by Gasteiger charge is -2.31. The normalized spacial score (nSPS) is 13.6. The summed E-state index contributed by atoms with van der Waals surface area (Å²) in [7, 11) is 3.91. The van der Waals surface area contributed by atoms with Gasteiger partial charge in [0.25, 0.3) is 0 Å². The van der Waals surface area contributed by atoms with E-state index in [2.05, 4.69) is 23.8 Å². The van der Waals surface area contributed by atoms with Crippen LogP contribution in [0.1, 0.15) is 13.3 Å². The minimum Gasteiger partial charge on any atom is -0.350 e. The quantitative estimate of drug-likeness (QED) is 0.612. The van der Waals surface area contributed by atoms with Crippen molar-refractivity contribution in [3.63, 3.8) is 0 Å². The molecule has 1 unspecified atom stereocenters. The van der Waals surface area contributed by atoms with Gasteiger partial charge < -0.3 is 15.5 Å². The molecule has 0 spiro atoms. The first-order chi connectivity index (χ1) is 8.33. The summed E-state index contributed by atoms with van der Waals surface area (Å²) in [6, 6.07) is 0. The summed E-state index contributed by atoms with van der Waals surface area (Å²) in [6.45, 7) is 9.86. The number of nitrogens with zero attached hydrogens (tertiary/aromatic N) is 1. The molecule has 2 amide bonds. The van der Waals surface area contributed by atoms with Gasteiger partial charge in [0.1, 0.15) is 0 Å². The third-order valence-corrected chi connectivity index (χ3v) is 2.56. The van der Waals surface area contributed by atoms with Gasteiger partial charge in [-0.15, -0.1) is 0 Å². The van der Waals surface area contributed by atoms with E-state index in [4.69, 9.17) is 0 Å². The van der Waals surface area contributed by atoms with Crippen LogP contribution in [0.5, 0.6) is 0 Å². The lowest BCUT2D eigenvalue weighted by molar-refractivity contribution is -0.120. The molecule has 0 aliphatic rings. The Morgan fingerprint density at radius 2 is 1.78 bits per heavy atom. The van der Waals surface area contributed by atoms with Gasteiger partial charge in [-0.1, -0.05) is 13.2 Å². The molecule has 1 atom stereocenters. The molecule has 0 fully saturated rings. The first-order valence-electron chi connectivity index (χ1n) is 5.82. The molecule has 0 radical (unpaired) electrons. The molecule has 2 N–H and O–H groups in total. The molecule has 18 heavy (non-hydrogen) atoms. The highest BCUT2D eigenvalue weighted by Crippen LogP contribution is 2.09. The molecule has 0 saturated heterocycles. The molecule has 0 aromatic heterocycles. The van der Waals surface area contributed by atoms with Crippen LogP contribution >= 0.6 is 0 Å². The predicted molar refractivity (Wildman–Crippen MR) is 73.1 cm³/mol. The summed E-state index contributed by atoms with van der Waals surface area (Å²) in [5, 5.41) is 5.55. The van der Waals surface area contributed by atoms with E-state index < -0.39 is 5.54 Å². The van der Waals surface area contributed by atoms with Gasteiger partial charge in [0, 0.05) is 6.54 Å². The van der Waals surface area contributed by atoms with E-state index in [0.29, 0.717) is 6.54 Å². The number of hydrogen-bond donors (Lipinski definition) is 2. The second-order valence-electron chi connectivity index (χ2n) is 4.73. The zero-order valence-corrected chi connectivity index (χ0v) is 11.5. The van der Waals surface area contributed by atoms with E-state index in [0.717, 1.165) is 13.0 Å². The Morgan fingerprint density at radius 1 is 1.22 bits per heavy atom. The van der Waals surface area contributed by atoms with Crippen LogP contribution in [0.2, 0.25) is 0 Å². The van der Waals surface area contributed by atoms with Crippen LogP contribution < -0.4 is 10.6 Å². The smallest absolute Gasteiger partial charge is 0.243 e. The Morgan fingerprint density at radius 3 is 2.22 bits per heavy atom. The summed E-state index contributed by atoms with van der Waals surface area (Å²) in [4.78, 5) is 24.6. The van der Waals surface area contributed by atoms with Gasteiger partial charge in [-0.3, -0.25) is 9.59 Å². The van der Waals surface area contributed by atoms with Crippen LogP contribution in [0.4, 0.5) is 0 Å². The van der Waals surface area contributed by atoms with E-state index in [1.54, 1.807) is 0 Å². The summed E-state index contributed by atoms with van der Waals surface area (Å²) in [5.74, 6) is -0.497. The lowest BCUT2D eigenvalue weighted by Crippen LogP contribution is -2.54. The van der Waals surface area contributed by atoms with E-state index >= 15 is 0 Å². The summed E-state index contributed by atoms with van der Waals surface area (Å²) >= 11 is 0. The number of carbonyl (C=O) groups is 2. The number of carbonyl (C=O) groups excluding carboxylic acids is 2. The molecule has 0 aliphatic heterocycles. The molecule has 0 aliphatic carbocycles. The fourth-order valence-corrected chi connectivity index (χ4v) is 1.37. The van der Waals surface area contributed by atoms with Gasteiger partial charge in [-0.05, 0) is 46.1 Å². The van der Waals surface area contributed by atoms with E-state index in [9.17, 15) is 9.59 Å². The highest BCUT2D eigenvalue weighted by molar-refractivity contribution is 5.88. The summed E-state index contributed by atoms with van der Waals surface area (Å²) in [5.41, 5.74) is -0.506. The minimum absolute atomic E-state index is 0.246. The Labute approximate surface area is 109 Å². The van der Waals surface area contributed by atoms with Crippen LogP contribution in [-0.2, 0) is 9.59 Å². The van der Waals surface area contributed by atoms with E-state index in [1.807, 2.05) is 25.9 Å². The fourth-order valence-electron chi connectivity index (χ4n) is 1.37. The van der Waals surface area contributed by atoms with Crippen molar-refractivity contribution in [3.05, 3.63) is 25.3 Å². The van der Waals surface area contributed by atoms with E-state index in [-0.39, 0.29) is 11.8 Å². The topological polar surface area (TPSA) is 61.4 Å². The first kappa shape index (κ1) is 16.4. The number of rotatable bonds is 8. The van der Waals surface area contributed by atoms with Gasteiger partial charge in [-0.2, -0.15) is 0 Å². The maximum atomic E-state index is 11.4. The molecule has 0 bridgehead atoms. The molecular weight excluding hydrogens is 230 g/mol. The molecule has 102 valence electrons. The van der Waals surface area contributed by atoms with Gasteiger partial charge in [0.2, 0.25) is 11.8 Å². The Balaban J connectivity index is 4.56. The number of hydrogen-bond acceptors (Lipinski definition) is 3. The van der Waals surface area contributed by atoms with Crippen LogP contribution in [0.15, 0.2) is 25.3 Å². The van der Waals surface area contributed by atoms with Crippen molar-refractivity contribution < 1.29 is 9.59 Å². The summed E-state index contributed by atoms with van der Waals surface area (Å²) < 4.78 is 0. The molecular formula is C13H23N3O2. The average Bonchev–Trinajstić information content (AvgIpc) is 2.33. The Bertz CT molecular complexity index is 326. The maximum Gasteiger partial charge on any atom is 0.243 e. The molecule has 5 nitrogen and oxygen atoms in total. The van der Waals surface area contributed by atoms with Crippen molar-refractivity contribution in [1.29, 1.82) is 0 Å². The second kappa shape index (κ2) is 7.66. The van der Waals surface area contributed by atoms with Gasteiger partial charge in [0.05, 0.1) is 5.54 Å². The largest absolute Gasteiger partial charge is 0.350 e. The van der Waals surface area contributed by atoms with Gasteiger partial charge in [0.15, 0.2) is 0 Å². The molecule has 5 heteroatoms. The first-order valence-corrected chi connectivity index (χ1v) is 5.82. The van der Waals surface area contributed by atoms with Crippen molar-refractivity contribution in [2.75, 3.05) is 27.2 Å². The Hall–Kier alpha value is -1.62. The third-order valence-electron chi connectivity index (χ3n) is 2.56. The third kappa shape index (κ3) is 6.85. The van der Waals surface area contributed by atoms with Gasteiger partial charge in [-0.25, -0.2) is 0 Å². The zero-order chi connectivity index (χ0) is 14.2. The summed E-state index contributed by atoms with van der Waals surface area (Å²) in [6.07, 6.45) is 3.15. The lowest BCUT2D eigenvalue weighted by atomic mass is 9.97. The van der Waals surface area contributed by atoms with Crippen LogP contribution in [-0.4, -0.2) is 49.4 Å². The minimum atomic E-state index is -0.506. The standard InChI is InChI=1S/C13H23N3O2/c1-6-11(17)14-10-13(3,8-9-16(4)5)15-12(18)7-2/h6-7H,1-2,8-10H2,3-5H3,(H,14,17)(H,15,18). The molecule has 0 saturated carbocycles. The average molecular weight is 253 g/mol. The Kier molecular flexibility index (Phi) is 6.97. The fraction of sp³-hybridized carbons (Fsp3) is 0.538. The maximum absolute atomic E-state index is 11.4. The van der Waals surface area contributed by atoms with Crippen LogP contribution in [0.25, 0.3) is 0 Å². The van der Waals surface area contributed by atoms with Crippen LogP contribution in [0.3, 0.4) is 0 Å². The molecule has 0 aromatic rings. The highest BCUT2D eigenvalue weighted by atomic mass is 16.2. The molecule has 0 aromatic carbocycles. The molecule has 0 rings (SSSR count). The monoisotopic (exact) mass is 253 g/mol. The SMILES string of the molecule is C=CC(=O)NCC(C)(CCN(C)C)NC(=O)C=C. The van der Waals surface area contributed by atoms with Gasteiger partial charge >= 0.3 is 0 Å². The van der Waals surface area contributed by atoms with E-state index in [1.165, 1.54) is 12.2 Å². The van der Waals surface area contributed by atoms with Crippen molar-refractivity contribution in [3.8, 4) is 0 Å². The molecule has 0 heterocycles. The van der Waals surface area contributed by atoms with Crippen molar-refractivity contribution >= 4 is 11.8 Å². The number of nitrogens with one attached hydrogen (secondary N) is 2. The van der Waals surface area contributed by atoms with Crippen molar-refractivity contribution in [2.45, 2.75) is 18.9 Å². The number of amides is 2. The van der Waals surface area contributed by atoms with Crippen molar-refractivity contribution in [1.82, 2.24) is 15.5 Å². The van der Waals surface area contributed by atoms with Crippen LogP contribution in [0, 0.1) is 0 Å². The zero-order valence-electron chi connectivity index (χ0n) is 11.5. The second-order valence-corrected chi connectivity index (χ2v) is 4.73. The predicted octanol–water partition coefficient (Wildman–Crippen LogP) is 0.301. The highest BCUT2D eigenvalue weighted by Gasteiger charge is 2.25.